The third kappa shape index (κ3) is 19.9. The third-order valence-electron chi connectivity index (χ3n) is 5.07. The molecule has 0 amide bonds. The van der Waals surface area contributed by atoms with Gasteiger partial charge in [-0.25, -0.2) is 0 Å². The van der Waals surface area contributed by atoms with Crippen molar-refractivity contribution in [1.29, 1.82) is 0 Å². The molecule has 0 aliphatic rings. The lowest BCUT2D eigenvalue weighted by molar-refractivity contribution is 0.267. The topological polar surface area (TPSA) is 3.24 Å². The molecule has 0 spiro atoms. The van der Waals surface area contributed by atoms with Gasteiger partial charge in [0.2, 0.25) is 0 Å². The highest BCUT2D eigenvalue weighted by Gasteiger charge is 2.01. The van der Waals surface area contributed by atoms with Gasteiger partial charge >= 0.3 is 0 Å². The molecule has 0 radical (unpaired) electrons. The minimum atomic E-state index is 1.29. The molecule has 0 aliphatic heterocycles. The average Bonchev–Trinajstić information content (AvgIpc) is 2.61. The molecule has 0 N–H and O–H groups in total. The predicted octanol–water partition coefficient (Wildman–Crippen LogP) is 8.15. The lowest BCUT2D eigenvalue weighted by Gasteiger charge is -2.20. The number of allylic oxidation sites excluding steroid dienone is 2. The fourth-order valence-electron chi connectivity index (χ4n) is 3.55. The van der Waals surface area contributed by atoms with Crippen molar-refractivity contribution in [3.63, 3.8) is 0 Å². The van der Waals surface area contributed by atoms with E-state index in [9.17, 15) is 0 Å². The molecule has 0 fully saturated rings. The summed E-state index contributed by atoms with van der Waals surface area (Å²) in [7, 11) is 0. The van der Waals surface area contributed by atoms with Crippen LogP contribution in [0.3, 0.4) is 0 Å². The SMILES string of the molecule is CCCCCCCCC=CCCCCCCCCN(CCC)CCC. The second kappa shape index (κ2) is 21.7. The van der Waals surface area contributed by atoms with Crippen LogP contribution in [0.2, 0.25) is 0 Å². The predicted molar refractivity (Wildman–Crippen MR) is 116 cm³/mol. The van der Waals surface area contributed by atoms with Crippen molar-refractivity contribution in [2.24, 2.45) is 0 Å². The van der Waals surface area contributed by atoms with Crippen molar-refractivity contribution in [1.82, 2.24) is 4.90 Å². The van der Waals surface area contributed by atoms with Crippen LogP contribution >= 0.6 is 0 Å². The molecule has 0 saturated heterocycles. The van der Waals surface area contributed by atoms with Crippen LogP contribution in [-0.2, 0) is 0 Å². The van der Waals surface area contributed by atoms with E-state index >= 15 is 0 Å². The zero-order valence-electron chi connectivity index (χ0n) is 18.0. The van der Waals surface area contributed by atoms with Crippen LogP contribution in [0.5, 0.6) is 0 Å². The Labute approximate surface area is 160 Å². The Morgan fingerprint density at radius 3 is 1.36 bits per heavy atom. The van der Waals surface area contributed by atoms with Gasteiger partial charge in [-0.2, -0.15) is 0 Å². The van der Waals surface area contributed by atoms with Gasteiger partial charge in [-0.1, -0.05) is 90.7 Å². The van der Waals surface area contributed by atoms with Crippen molar-refractivity contribution >= 4 is 0 Å². The van der Waals surface area contributed by atoms with Gasteiger partial charge in [-0.3, -0.25) is 0 Å². The Bertz CT molecular complexity index is 253. The molecule has 0 aromatic carbocycles. The van der Waals surface area contributed by atoms with Gasteiger partial charge in [0, 0.05) is 0 Å². The Balaban J connectivity index is 3.23. The molecule has 1 nitrogen and oxygen atoms in total. The molecule has 0 unspecified atom stereocenters. The molecule has 0 bridgehead atoms. The Morgan fingerprint density at radius 2 is 0.880 bits per heavy atom. The number of hydrogen-bond donors (Lipinski definition) is 0. The summed E-state index contributed by atoms with van der Waals surface area (Å²) in [5.74, 6) is 0. The third-order valence-corrected chi connectivity index (χ3v) is 5.07. The van der Waals surface area contributed by atoms with E-state index in [1.807, 2.05) is 0 Å². The summed E-state index contributed by atoms with van der Waals surface area (Å²) < 4.78 is 0. The molecule has 25 heavy (non-hydrogen) atoms. The van der Waals surface area contributed by atoms with E-state index in [2.05, 4.69) is 37.8 Å². The maximum Gasteiger partial charge on any atom is -0.00187 e. The first kappa shape index (κ1) is 24.7. The quantitative estimate of drug-likeness (QED) is 0.158. The van der Waals surface area contributed by atoms with Crippen LogP contribution in [0.25, 0.3) is 0 Å². The molecule has 0 saturated carbocycles. The van der Waals surface area contributed by atoms with E-state index in [1.54, 1.807) is 0 Å². The monoisotopic (exact) mass is 351 g/mol. The summed E-state index contributed by atoms with van der Waals surface area (Å²) >= 11 is 0. The highest BCUT2D eigenvalue weighted by atomic mass is 15.1. The number of rotatable bonds is 20. The molecule has 1 heteroatoms. The average molecular weight is 352 g/mol. The lowest BCUT2D eigenvalue weighted by Crippen LogP contribution is -2.26. The zero-order chi connectivity index (χ0) is 18.4. The van der Waals surface area contributed by atoms with Crippen molar-refractivity contribution in [3.8, 4) is 0 Å². The normalized spacial score (nSPS) is 11.8. The lowest BCUT2D eigenvalue weighted by atomic mass is 10.1. The summed E-state index contributed by atoms with van der Waals surface area (Å²) in [4.78, 5) is 2.65. The summed E-state index contributed by atoms with van der Waals surface area (Å²) in [6.45, 7) is 10.8. The minimum Gasteiger partial charge on any atom is -0.303 e. The van der Waals surface area contributed by atoms with Crippen LogP contribution in [-0.4, -0.2) is 24.5 Å². The van der Waals surface area contributed by atoms with E-state index in [-0.39, 0.29) is 0 Å². The van der Waals surface area contributed by atoms with Gasteiger partial charge in [0.15, 0.2) is 0 Å². The number of hydrogen-bond acceptors (Lipinski definition) is 1. The second-order valence-electron chi connectivity index (χ2n) is 7.78. The molecule has 0 heterocycles. The second-order valence-corrected chi connectivity index (χ2v) is 7.78. The molecule has 150 valence electrons. The molecule has 0 aromatic rings. The van der Waals surface area contributed by atoms with Crippen molar-refractivity contribution in [2.75, 3.05) is 19.6 Å². The first-order valence-corrected chi connectivity index (χ1v) is 11.7. The summed E-state index contributed by atoms with van der Waals surface area (Å²) in [6.07, 6.45) is 27.1. The van der Waals surface area contributed by atoms with E-state index in [0.29, 0.717) is 0 Å². The minimum absolute atomic E-state index is 1.29. The highest BCUT2D eigenvalue weighted by molar-refractivity contribution is 4.81. The van der Waals surface area contributed by atoms with Gasteiger partial charge in [0.05, 0.1) is 0 Å². The van der Waals surface area contributed by atoms with Crippen LogP contribution in [0.15, 0.2) is 12.2 Å². The van der Waals surface area contributed by atoms with Crippen LogP contribution in [0.1, 0.15) is 124 Å². The van der Waals surface area contributed by atoms with E-state index in [4.69, 9.17) is 0 Å². The Morgan fingerprint density at radius 1 is 0.440 bits per heavy atom. The fourth-order valence-corrected chi connectivity index (χ4v) is 3.55. The number of nitrogens with zero attached hydrogens (tertiary/aromatic N) is 1. The highest BCUT2D eigenvalue weighted by Crippen LogP contribution is 2.10. The first-order valence-electron chi connectivity index (χ1n) is 11.7. The summed E-state index contributed by atoms with van der Waals surface area (Å²) in [5.41, 5.74) is 0. The van der Waals surface area contributed by atoms with Crippen LogP contribution in [0.4, 0.5) is 0 Å². The molecule has 0 rings (SSSR count). The standard InChI is InChI=1S/C24H49N/c1-4-7-8-9-10-11-12-13-14-15-16-17-18-19-20-21-24-25(22-5-2)23-6-3/h13-14H,4-12,15-24H2,1-3H3. The molecule has 0 atom stereocenters. The Kier molecular flexibility index (Phi) is 21.5. The zero-order valence-corrected chi connectivity index (χ0v) is 18.0. The van der Waals surface area contributed by atoms with Gasteiger partial charge in [-0.05, 0) is 64.6 Å². The van der Waals surface area contributed by atoms with Gasteiger partial charge in [0.25, 0.3) is 0 Å². The van der Waals surface area contributed by atoms with E-state index < -0.39 is 0 Å². The molecular weight excluding hydrogens is 302 g/mol. The van der Waals surface area contributed by atoms with Crippen molar-refractivity contribution < 1.29 is 0 Å². The summed E-state index contributed by atoms with van der Waals surface area (Å²) in [6, 6.07) is 0. The first-order chi connectivity index (χ1) is 12.3. The van der Waals surface area contributed by atoms with E-state index in [0.717, 1.165) is 0 Å². The Hall–Kier alpha value is -0.300. The fraction of sp³-hybridized carbons (Fsp3) is 0.917. The molecule has 0 aliphatic carbocycles. The van der Waals surface area contributed by atoms with E-state index in [1.165, 1.54) is 122 Å². The van der Waals surface area contributed by atoms with Crippen LogP contribution < -0.4 is 0 Å². The van der Waals surface area contributed by atoms with Crippen molar-refractivity contribution in [2.45, 2.75) is 124 Å². The maximum absolute atomic E-state index is 2.65. The largest absolute Gasteiger partial charge is 0.303 e. The van der Waals surface area contributed by atoms with Crippen LogP contribution in [0, 0.1) is 0 Å². The van der Waals surface area contributed by atoms with Crippen molar-refractivity contribution in [3.05, 3.63) is 12.2 Å². The number of unbranched alkanes of at least 4 members (excludes halogenated alkanes) is 12. The molecular formula is C24H49N. The smallest absolute Gasteiger partial charge is 0.00187 e. The van der Waals surface area contributed by atoms with Gasteiger partial charge in [-0.15, -0.1) is 0 Å². The van der Waals surface area contributed by atoms with Gasteiger partial charge < -0.3 is 4.90 Å². The summed E-state index contributed by atoms with van der Waals surface area (Å²) in [5, 5.41) is 0. The van der Waals surface area contributed by atoms with Gasteiger partial charge in [0.1, 0.15) is 0 Å². The molecule has 0 aromatic heterocycles. The maximum atomic E-state index is 2.65.